The largest absolute Gasteiger partial charge is 0.103 e. The van der Waals surface area contributed by atoms with Crippen LogP contribution in [0.25, 0.3) is 0 Å². The number of allylic oxidation sites excluding steroid dienone is 5. The van der Waals surface area contributed by atoms with Crippen LogP contribution >= 0.6 is 0 Å². The van der Waals surface area contributed by atoms with Gasteiger partial charge in [-0.05, 0) is 32.1 Å². The highest BCUT2D eigenvalue weighted by Gasteiger charge is 1.95. The summed E-state index contributed by atoms with van der Waals surface area (Å²) in [5.41, 5.74) is 1.52. The molecule has 0 saturated carbocycles. The SMILES string of the molecule is C=CCC1=CC=CCCCC1. The molecular weight excluding hydrogens is 132 g/mol. The minimum atomic E-state index is 1.06. The Kier molecular flexibility index (Phi) is 3.74. The van der Waals surface area contributed by atoms with E-state index in [1.54, 1.807) is 0 Å². The van der Waals surface area contributed by atoms with Crippen molar-refractivity contribution in [3.8, 4) is 0 Å². The summed E-state index contributed by atoms with van der Waals surface area (Å²) in [6.07, 6.45) is 14.9. The van der Waals surface area contributed by atoms with E-state index in [0.717, 1.165) is 6.42 Å². The highest BCUT2D eigenvalue weighted by atomic mass is 14.0. The van der Waals surface area contributed by atoms with E-state index in [1.807, 2.05) is 6.08 Å². The molecule has 0 spiro atoms. The van der Waals surface area contributed by atoms with E-state index in [1.165, 1.54) is 31.3 Å². The summed E-state index contributed by atoms with van der Waals surface area (Å²) in [6, 6.07) is 0. The molecule has 0 N–H and O–H groups in total. The van der Waals surface area contributed by atoms with Crippen molar-refractivity contribution < 1.29 is 0 Å². The van der Waals surface area contributed by atoms with E-state index in [4.69, 9.17) is 0 Å². The zero-order valence-corrected chi connectivity index (χ0v) is 7.05. The van der Waals surface area contributed by atoms with Gasteiger partial charge in [0.2, 0.25) is 0 Å². The van der Waals surface area contributed by atoms with Gasteiger partial charge in [0.05, 0.1) is 0 Å². The van der Waals surface area contributed by atoms with Crippen molar-refractivity contribution in [1.82, 2.24) is 0 Å². The lowest BCUT2D eigenvalue weighted by Crippen LogP contribution is -1.85. The summed E-state index contributed by atoms with van der Waals surface area (Å²) in [5, 5.41) is 0. The van der Waals surface area contributed by atoms with Gasteiger partial charge in [0.15, 0.2) is 0 Å². The van der Waals surface area contributed by atoms with Crippen LogP contribution in [0, 0.1) is 0 Å². The molecule has 11 heavy (non-hydrogen) atoms. The molecule has 0 aliphatic heterocycles. The second-order valence-electron chi connectivity index (χ2n) is 2.99. The van der Waals surface area contributed by atoms with Crippen molar-refractivity contribution in [2.24, 2.45) is 0 Å². The molecule has 1 aliphatic carbocycles. The van der Waals surface area contributed by atoms with Crippen LogP contribution in [0.1, 0.15) is 32.1 Å². The maximum absolute atomic E-state index is 3.74. The van der Waals surface area contributed by atoms with E-state index < -0.39 is 0 Å². The molecular formula is C11H16. The fourth-order valence-corrected chi connectivity index (χ4v) is 1.35. The van der Waals surface area contributed by atoms with Crippen LogP contribution in [0.5, 0.6) is 0 Å². The Morgan fingerprint density at radius 2 is 2.36 bits per heavy atom. The van der Waals surface area contributed by atoms with Gasteiger partial charge in [-0.1, -0.05) is 29.9 Å². The van der Waals surface area contributed by atoms with Crippen LogP contribution in [0.15, 0.2) is 36.5 Å². The molecule has 1 rings (SSSR count). The van der Waals surface area contributed by atoms with E-state index in [-0.39, 0.29) is 0 Å². The molecule has 0 nitrogen and oxygen atoms in total. The Morgan fingerprint density at radius 3 is 3.18 bits per heavy atom. The molecule has 0 radical (unpaired) electrons. The molecule has 0 amide bonds. The van der Waals surface area contributed by atoms with Crippen molar-refractivity contribution in [2.45, 2.75) is 32.1 Å². The third-order valence-corrected chi connectivity index (χ3v) is 1.99. The topological polar surface area (TPSA) is 0 Å². The Labute approximate surface area is 69.3 Å². The van der Waals surface area contributed by atoms with Gasteiger partial charge in [0, 0.05) is 0 Å². The minimum absolute atomic E-state index is 1.06. The van der Waals surface area contributed by atoms with Crippen LogP contribution in [0.3, 0.4) is 0 Å². The molecule has 60 valence electrons. The lowest BCUT2D eigenvalue weighted by Gasteiger charge is -2.05. The molecule has 1 aliphatic rings. The number of hydrogen-bond donors (Lipinski definition) is 0. The second-order valence-corrected chi connectivity index (χ2v) is 2.99. The fourth-order valence-electron chi connectivity index (χ4n) is 1.35. The van der Waals surface area contributed by atoms with Gasteiger partial charge in [0.25, 0.3) is 0 Å². The molecule has 0 aromatic carbocycles. The van der Waals surface area contributed by atoms with Crippen molar-refractivity contribution in [3.63, 3.8) is 0 Å². The second kappa shape index (κ2) is 4.95. The highest BCUT2D eigenvalue weighted by Crippen LogP contribution is 2.15. The number of hydrogen-bond acceptors (Lipinski definition) is 0. The maximum atomic E-state index is 3.74. The van der Waals surface area contributed by atoms with Crippen LogP contribution in [0.2, 0.25) is 0 Å². The fraction of sp³-hybridized carbons (Fsp3) is 0.455. The van der Waals surface area contributed by atoms with E-state index in [0.29, 0.717) is 0 Å². The van der Waals surface area contributed by atoms with Gasteiger partial charge >= 0.3 is 0 Å². The van der Waals surface area contributed by atoms with Crippen LogP contribution in [-0.4, -0.2) is 0 Å². The zero-order chi connectivity index (χ0) is 7.94. The highest BCUT2D eigenvalue weighted by molar-refractivity contribution is 5.15. The van der Waals surface area contributed by atoms with E-state index in [2.05, 4.69) is 24.8 Å². The van der Waals surface area contributed by atoms with Gasteiger partial charge in [0.1, 0.15) is 0 Å². The van der Waals surface area contributed by atoms with Gasteiger partial charge in [-0.2, -0.15) is 0 Å². The van der Waals surface area contributed by atoms with Gasteiger partial charge < -0.3 is 0 Å². The lowest BCUT2D eigenvalue weighted by atomic mass is 10.0. The molecule has 0 saturated heterocycles. The van der Waals surface area contributed by atoms with E-state index >= 15 is 0 Å². The third-order valence-electron chi connectivity index (χ3n) is 1.99. The van der Waals surface area contributed by atoms with Gasteiger partial charge in [-0.15, -0.1) is 6.58 Å². The summed E-state index contributed by atoms with van der Waals surface area (Å²) in [5.74, 6) is 0. The van der Waals surface area contributed by atoms with Crippen LogP contribution in [0.4, 0.5) is 0 Å². The van der Waals surface area contributed by atoms with Crippen LogP contribution < -0.4 is 0 Å². The maximum Gasteiger partial charge on any atom is -0.0138 e. The van der Waals surface area contributed by atoms with Crippen LogP contribution in [-0.2, 0) is 0 Å². The molecule has 0 unspecified atom stereocenters. The average Bonchev–Trinajstić information content (AvgIpc) is 1.94. The molecule has 0 heterocycles. The molecule has 0 atom stereocenters. The Bertz CT molecular complexity index is 172. The van der Waals surface area contributed by atoms with Crippen molar-refractivity contribution in [3.05, 3.63) is 36.5 Å². The van der Waals surface area contributed by atoms with E-state index in [9.17, 15) is 0 Å². The van der Waals surface area contributed by atoms with Gasteiger partial charge in [-0.25, -0.2) is 0 Å². The summed E-state index contributed by atoms with van der Waals surface area (Å²) in [7, 11) is 0. The van der Waals surface area contributed by atoms with Crippen molar-refractivity contribution in [1.29, 1.82) is 0 Å². The molecule has 0 bridgehead atoms. The van der Waals surface area contributed by atoms with Gasteiger partial charge in [-0.3, -0.25) is 0 Å². The molecule has 0 heteroatoms. The normalized spacial score (nSPS) is 18.4. The lowest BCUT2D eigenvalue weighted by molar-refractivity contribution is 0.729. The first kappa shape index (κ1) is 8.32. The molecule has 0 aromatic rings. The predicted octanol–water partition coefficient (Wildman–Crippen LogP) is 3.62. The zero-order valence-electron chi connectivity index (χ0n) is 7.05. The number of rotatable bonds is 2. The summed E-state index contributed by atoms with van der Waals surface area (Å²) < 4.78 is 0. The Hall–Kier alpha value is -0.780. The monoisotopic (exact) mass is 148 g/mol. The Morgan fingerprint density at radius 1 is 1.45 bits per heavy atom. The standard InChI is InChI=1S/C11H16/c1-2-8-11-9-6-4-3-5-7-10-11/h2,4,6,9H,1,3,5,7-8,10H2. The summed E-state index contributed by atoms with van der Waals surface area (Å²) in [4.78, 5) is 0. The first-order valence-corrected chi connectivity index (χ1v) is 4.39. The first-order chi connectivity index (χ1) is 5.43. The Balaban J connectivity index is 2.50. The first-order valence-electron chi connectivity index (χ1n) is 4.39. The summed E-state index contributed by atoms with van der Waals surface area (Å²) >= 11 is 0. The smallest absolute Gasteiger partial charge is 0.0138 e. The third kappa shape index (κ3) is 3.22. The quantitative estimate of drug-likeness (QED) is 0.525. The van der Waals surface area contributed by atoms with Crippen molar-refractivity contribution >= 4 is 0 Å². The molecule has 0 fully saturated rings. The molecule has 0 aromatic heterocycles. The average molecular weight is 148 g/mol. The predicted molar refractivity (Wildman–Crippen MR) is 50.5 cm³/mol. The summed E-state index contributed by atoms with van der Waals surface area (Å²) in [6.45, 7) is 3.74. The minimum Gasteiger partial charge on any atom is -0.103 e. The van der Waals surface area contributed by atoms with Crippen molar-refractivity contribution in [2.75, 3.05) is 0 Å².